The Labute approximate surface area is 415 Å². The normalized spacial score (nSPS) is 12.1. The molecule has 7 nitrogen and oxygen atoms in total. The molecule has 0 radical (unpaired) electrons. The summed E-state index contributed by atoms with van der Waals surface area (Å²) in [5, 5.41) is 0. The molecule has 0 heterocycles. The van der Waals surface area contributed by atoms with Crippen LogP contribution in [0.2, 0.25) is 0 Å². The van der Waals surface area contributed by atoms with E-state index in [0.717, 1.165) is 95.5 Å². The maximum Gasteiger partial charge on any atom is 0.306 e. The number of hydrogen-bond donors (Lipinski definition) is 0. The monoisotopic (exact) mass is 943 g/mol. The number of carbonyl (C=O) groups is 2. The van der Waals surface area contributed by atoms with Crippen molar-refractivity contribution in [1.82, 2.24) is 0 Å². The molecule has 0 fully saturated rings. The summed E-state index contributed by atoms with van der Waals surface area (Å²) < 4.78 is 30.6. The molecule has 0 aromatic heterocycles. The highest BCUT2D eigenvalue weighted by atomic mass is 16.6. The molecule has 0 aliphatic rings. The Morgan fingerprint density at radius 3 is 1.13 bits per heavy atom. The van der Waals surface area contributed by atoms with Gasteiger partial charge >= 0.3 is 11.9 Å². The minimum absolute atomic E-state index is 0.00157. The zero-order valence-electron chi connectivity index (χ0n) is 44.8. The first-order valence-electron chi connectivity index (χ1n) is 29.2. The van der Waals surface area contributed by atoms with Gasteiger partial charge < -0.3 is 23.7 Å². The second kappa shape index (κ2) is 50.4. The fraction of sp³-hybridized carbons (Fsp3) is 0.867. The molecule has 1 unspecified atom stereocenters. The number of unbranched alkanes of at least 4 members (excludes halogenated alkanes) is 28. The van der Waals surface area contributed by atoms with Gasteiger partial charge in [0.2, 0.25) is 0 Å². The molecule has 7 heteroatoms. The first-order chi connectivity index (χ1) is 33.0. The van der Waals surface area contributed by atoms with Gasteiger partial charge in [0.1, 0.15) is 18.3 Å². The molecule has 1 atom stereocenters. The van der Waals surface area contributed by atoms with Crippen molar-refractivity contribution in [2.45, 2.75) is 309 Å². The Morgan fingerprint density at radius 2 is 0.716 bits per heavy atom. The van der Waals surface area contributed by atoms with E-state index in [1.54, 1.807) is 0 Å². The van der Waals surface area contributed by atoms with Crippen LogP contribution in [0.1, 0.15) is 290 Å². The molecule has 1 aromatic carbocycles. The smallest absolute Gasteiger partial charge is 0.306 e. The summed E-state index contributed by atoms with van der Waals surface area (Å²) >= 11 is 0. The molecular formula is C60H110O7. The summed E-state index contributed by atoms with van der Waals surface area (Å²) in [6.45, 7) is 12.0. The van der Waals surface area contributed by atoms with Gasteiger partial charge in [-0.05, 0) is 82.6 Å². The fourth-order valence-electron chi connectivity index (χ4n) is 9.02. The Balaban J connectivity index is 2.33. The van der Waals surface area contributed by atoms with Crippen LogP contribution in [0.15, 0.2) is 30.3 Å². The Hall–Kier alpha value is -1.96. The Bertz CT molecular complexity index is 1130. The third kappa shape index (κ3) is 43.8. The predicted octanol–water partition coefficient (Wildman–Crippen LogP) is 18.1. The molecular weight excluding hydrogens is 833 g/mol. The zero-order valence-corrected chi connectivity index (χ0v) is 44.8. The van der Waals surface area contributed by atoms with E-state index in [1.165, 1.54) is 154 Å². The lowest BCUT2D eigenvalue weighted by atomic mass is 10.0. The third-order valence-electron chi connectivity index (χ3n) is 13.4. The molecule has 0 saturated heterocycles. The molecule has 67 heavy (non-hydrogen) atoms. The van der Waals surface area contributed by atoms with Crippen molar-refractivity contribution >= 4 is 11.9 Å². The summed E-state index contributed by atoms with van der Waals surface area (Å²) in [7, 11) is 0. The first kappa shape index (κ1) is 63.1. The molecule has 1 aromatic rings. The van der Waals surface area contributed by atoms with Crippen molar-refractivity contribution < 1.29 is 33.3 Å². The number of ether oxygens (including phenoxy) is 5. The fourth-order valence-corrected chi connectivity index (χ4v) is 9.02. The lowest BCUT2D eigenvalue weighted by molar-refractivity contribution is -0.151. The van der Waals surface area contributed by atoms with E-state index in [2.05, 4.69) is 39.8 Å². The van der Waals surface area contributed by atoms with Crippen LogP contribution in [0.3, 0.4) is 0 Å². The van der Waals surface area contributed by atoms with Crippen molar-refractivity contribution in [1.29, 1.82) is 0 Å². The van der Waals surface area contributed by atoms with Crippen molar-refractivity contribution in [2.24, 2.45) is 0 Å². The summed E-state index contributed by atoms with van der Waals surface area (Å²) in [5.74, 6) is 0.00515. The second-order valence-corrected chi connectivity index (χ2v) is 20.1. The second-order valence-electron chi connectivity index (χ2n) is 20.1. The Kier molecular flexibility index (Phi) is 47.5. The molecule has 0 N–H and O–H groups in total. The molecule has 0 aliphatic heterocycles. The maximum absolute atomic E-state index is 12.8. The van der Waals surface area contributed by atoms with Gasteiger partial charge in [-0.2, -0.15) is 0 Å². The summed E-state index contributed by atoms with van der Waals surface area (Å²) in [6, 6.07) is 10.3. The van der Waals surface area contributed by atoms with Crippen LogP contribution in [0.5, 0.6) is 0 Å². The van der Waals surface area contributed by atoms with Gasteiger partial charge in [-0.3, -0.25) is 9.59 Å². The number of rotatable bonds is 53. The van der Waals surface area contributed by atoms with E-state index in [0.29, 0.717) is 45.9 Å². The van der Waals surface area contributed by atoms with Gasteiger partial charge in [-0.1, -0.05) is 225 Å². The minimum atomic E-state index is -0.101. The molecule has 0 saturated carbocycles. The van der Waals surface area contributed by atoms with Crippen LogP contribution in [-0.4, -0.2) is 56.7 Å². The van der Waals surface area contributed by atoms with Gasteiger partial charge in [0, 0.05) is 26.1 Å². The largest absolute Gasteiger partial charge is 0.462 e. The maximum atomic E-state index is 12.8. The molecule has 392 valence electrons. The highest BCUT2D eigenvalue weighted by molar-refractivity contribution is 5.69. The predicted molar refractivity (Wildman–Crippen MR) is 284 cm³/mol. The molecule has 0 amide bonds. The first-order valence-corrected chi connectivity index (χ1v) is 29.2. The lowest BCUT2D eigenvalue weighted by Gasteiger charge is -2.19. The highest BCUT2D eigenvalue weighted by Crippen LogP contribution is 2.20. The number of hydrogen-bond acceptors (Lipinski definition) is 7. The van der Waals surface area contributed by atoms with Crippen molar-refractivity contribution in [3.8, 4) is 0 Å². The van der Waals surface area contributed by atoms with E-state index in [4.69, 9.17) is 23.7 Å². The van der Waals surface area contributed by atoms with Crippen LogP contribution >= 0.6 is 0 Å². The zero-order chi connectivity index (χ0) is 48.4. The van der Waals surface area contributed by atoms with Crippen LogP contribution in [0.25, 0.3) is 0 Å². The molecule has 0 spiro atoms. The van der Waals surface area contributed by atoms with Gasteiger partial charge in [0.25, 0.3) is 0 Å². The number of benzene rings is 1. The van der Waals surface area contributed by atoms with Crippen LogP contribution in [-0.2, 0) is 39.9 Å². The van der Waals surface area contributed by atoms with E-state index < -0.39 is 0 Å². The lowest BCUT2D eigenvalue weighted by Crippen LogP contribution is -2.26. The van der Waals surface area contributed by atoms with Crippen LogP contribution in [0, 0.1) is 0 Å². The van der Waals surface area contributed by atoms with Gasteiger partial charge in [0.15, 0.2) is 0 Å². The van der Waals surface area contributed by atoms with Gasteiger partial charge in [-0.25, -0.2) is 0 Å². The average Bonchev–Trinajstić information content (AvgIpc) is 3.33. The third-order valence-corrected chi connectivity index (χ3v) is 13.4. The van der Waals surface area contributed by atoms with Crippen molar-refractivity contribution in [3.63, 3.8) is 0 Å². The summed E-state index contributed by atoms with van der Waals surface area (Å²) in [6.07, 6.45) is 46.2. The minimum Gasteiger partial charge on any atom is -0.462 e. The van der Waals surface area contributed by atoms with E-state index in [-0.39, 0.29) is 30.3 Å². The van der Waals surface area contributed by atoms with Crippen LogP contribution < -0.4 is 0 Å². The Morgan fingerprint density at radius 1 is 0.373 bits per heavy atom. The highest BCUT2D eigenvalue weighted by Gasteiger charge is 2.16. The topological polar surface area (TPSA) is 80.3 Å². The van der Waals surface area contributed by atoms with Crippen molar-refractivity contribution in [3.05, 3.63) is 35.9 Å². The molecule has 0 bridgehead atoms. The standard InChI is InChI=1S/C60H110O7/c1-5-9-13-17-23-34-44-56(45-35-24-18-14-10-6-2)66-59(61)48-38-27-21-29-40-50-63-53-58(54-64-52-55-42-32-31-33-43-55)65-51-41-30-22-28-39-49-60(62)67-57(46-36-25-19-15-11-7-3)47-37-26-20-16-12-8-4/h31-33,42-43,56-58H,5-30,34-41,44-54H2,1-4H3. The molecule has 1 rings (SSSR count). The van der Waals surface area contributed by atoms with Gasteiger partial charge in [-0.15, -0.1) is 0 Å². The van der Waals surface area contributed by atoms with E-state index in [1.807, 2.05) is 18.2 Å². The number of esters is 2. The quantitative estimate of drug-likeness (QED) is 0.0475. The SMILES string of the molecule is CCCCCCCCC(CCCCCCCC)OC(=O)CCCCCCCOCC(COCc1ccccc1)OCCCCCCCC(=O)OC(CCCCCCCC)CCCCCCCC. The number of carbonyl (C=O) groups excluding carboxylic acids is 2. The van der Waals surface area contributed by atoms with E-state index >= 15 is 0 Å². The molecule has 0 aliphatic carbocycles. The van der Waals surface area contributed by atoms with E-state index in [9.17, 15) is 9.59 Å². The summed E-state index contributed by atoms with van der Waals surface area (Å²) in [4.78, 5) is 25.7. The van der Waals surface area contributed by atoms with Gasteiger partial charge in [0.05, 0.1) is 19.8 Å². The van der Waals surface area contributed by atoms with Crippen molar-refractivity contribution in [2.75, 3.05) is 26.4 Å². The van der Waals surface area contributed by atoms with Crippen LogP contribution in [0.4, 0.5) is 0 Å². The average molecular weight is 944 g/mol. The summed E-state index contributed by atoms with van der Waals surface area (Å²) in [5.41, 5.74) is 1.16.